The molecular weight excluding hydrogens is 310 g/mol. The second-order valence-corrected chi connectivity index (χ2v) is 7.31. The van der Waals surface area contributed by atoms with Gasteiger partial charge in [0.1, 0.15) is 0 Å². The Morgan fingerprint density at radius 2 is 1.95 bits per heavy atom. The lowest BCUT2D eigenvalue weighted by Crippen LogP contribution is -2.43. The Bertz CT molecular complexity index is 557. The van der Waals surface area contributed by atoms with Crippen molar-refractivity contribution in [1.82, 2.24) is 9.62 Å². The molecule has 2 N–H and O–H groups in total. The van der Waals surface area contributed by atoms with Gasteiger partial charge in [-0.05, 0) is 44.0 Å². The third-order valence-electron chi connectivity index (χ3n) is 3.71. The lowest BCUT2D eigenvalue weighted by Gasteiger charge is -2.31. The second-order valence-electron chi connectivity index (χ2n) is 5.24. The van der Waals surface area contributed by atoms with Gasteiger partial charge in [-0.1, -0.05) is 30.7 Å². The molecular formula is C14H22ClN3O2S. The predicted octanol–water partition coefficient (Wildman–Crippen LogP) is 2.32. The van der Waals surface area contributed by atoms with Crippen molar-refractivity contribution >= 4 is 27.5 Å². The number of benzene rings is 1. The molecule has 1 fully saturated rings. The number of piperidine rings is 1. The lowest BCUT2D eigenvalue weighted by molar-refractivity contribution is 0.269. The van der Waals surface area contributed by atoms with E-state index in [1.54, 1.807) is 24.3 Å². The second kappa shape index (κ2) is 7.45. The first kappa shape index (κ1) is 16.5. The molecule has 0 bridgehead atoms. The Labute approximate surface area is 131 Å². The van der Waals surface area contributed by atoms with Gasteiger partial charge in [0, 0.05) is 13.1 Å². The minimum Gasteiger partial charge on any atom is -0.317 e. The van der Waals surface area contributed by atoms with E-state index in [0.29, 0.717) is 29.7 Å². The summed E-state index contributed by atoms with van der Waals surface area (Å²) in [5.41, 5.74) is 0.425. The highest BCUT2D eigenvalue weighted by Crippen LogP contribution is 2.24. The quantitative estimate of drug-likeness (QED) is 0.841. The minimum absolute atomic E-state index is 0.406. The molecule has 0 amide bonds. The van der Waals surface area contributed by atoms with Crippen LogP contribution in [0.5, 0.6) is 0 Å². The highest BCUT2D eigenvalue weighted by atomic mass is 35.5. The van der Waals surface area contributed by atoms with Crippen LogP contribution in [-0.4, -0.2) is 38.9 Å². The number of halogens is 1. The molecule has 7 heteroatoms. The molecule has 118 valence electrons. The van der Waals surface area contributed by atoms with Gasteiger partial charge in [0.15, 0.2) is 0 Å². The molecule has 0 radical (unpaired) electrons. The maximum absolute atomic E-state index is 12.4. The van der Waals surface area contributed by atoms with Crippen LogP contribution in [-0.2, 0) is 10.2 Å². The van der Waals surface area contributed by atoms with E-state index in [1.165, 1.54) is 4.31 Å². The fourth-order valence-corrected chi connectivity index (χ4v) is 3.97. The smallest absolute Gasteiger partial charge is 0.301 e. The van der Waals surface area contributed by atoms with E-state index >= 15 is 0 Å². The van der Waals surface area contributed by atoms with Gasteiger partial charge in [-0.25, -0.2) is 0 Å². The van der Waals surface area contributed by atoms with E-state index in [4.69, 9.17) is 11.6 Å². The number of hydrogen-bond donors (Lipinski definition) is 2. The monoisotopic (exact) mass is 331 g/mol. The molecule has 1 aromatic rings. The van der Waals surface area contributed by atoms with Crippen LogP contribution >= 0.6 is 11.6 Å². The van der Waals surface area contributed by atoms with E-state index in [-0.39, 0.29) is 0 Å². The van der Waals surface area contributed by atoms with E-state index in [0.717, 1.165) is 25.9 Å². The topological polar surface area (TPSA) is 61.4 Å². The van der Waals surface area contributed by atoms with Gasteiger partial charge in [0.2, 0.25) is 0 Å². The molecule has 5 nitrogen and oxygen atoms in total. The third kappa shape index (κ3) is 4.57. The Kier molecular flexibility index (Phi) is 5.87. The van der Waals surface area contributed by atoms with Crippen molar-refractivity contribution in [2.75, 3.05) is 30.9 Å². The van der Waals surface area contributed by atoms with Crippen molar-refractivity contribution in [3.63, 3.8) is 0 Å². The van der Waals surface area contributed by atoms with Crippen LogP contribution in [0.15, 0.2) is 24.3 Å². The van der Waals surface area contributed by atoms with Gasteiger partial charge < -0.3 is 5.32 Å². The standard InChI is InChI=1S/C14H22ClN3O2S/c1-2-16-11-12-7-9-18(10-8-12)21(19,20)17-14-6-4-3-5-13(14)15/h3-6,12,16-17H,2,7-11H2,1H3. The molecule has 2 rings (SSSR count). The average Bonchev–Trinajstić information content (AvgIpc) is 2.48. The van der Waals surface area contributed by atoms with Gasteiger partial charge in [-0.2, -0.15) is 12.7 Å². The summed E-state index contributed by atoms with van der Waals surface area (Å²) in [6, 6.07) is 6.86. The minimum atomic E-state index is -3.52. The molecule has 0 atom stereocenters. The van der Waals surface area contributed by atoms with Crippen LogP contribution in [0.3, 0.4) is 0 Å². The van der Waals surface area contributed by atoms with E-state index in [9.17, 15) is 8.42 Å². The van der Waals surface area contributed by atoms with Gasteiger partial charge in [0.25, 0.3) is 0 Å². The summed E-state index contributed by atoms with van der Waals surface area (Å²) in [6.07, 6.45) is 1.77. The molecule has 1 aromatic carbocycles. The van der Waals surface area contributed by atoms with Crippen molar-refractivity contribution in [2.24, 2.45) is 5.92 Å². The summed E-state index contributed by atoms with van der Waals surface area (Å²) in [5, 5.41) is 3.72. The third-order valence-corrected chi connectivity index (χ3v) is 5.56. The van der Waals surface area contributed by atoms with Crippen molar-refractivity contribution in [2.45, 2.75) is 19.8 Å². The average molecular weight is 332 g/mol. The molecule has 0 spiro atoms. The molecule has 1 saturated heterocycles. The fourth-order valence-electron chi connectivity index (χ4n) is 2.45. The molecule has 1 aliphatic rings. The normalized spacial score (nSPS) is 17.8. The molecule has 0 unspecified atom stereocenters. The summed E-state index contributed by atoms with van der Waals surface area (Å²) in [7, 11) is -3.52. The van der Waals surface area contributed by atoms with Crippen molar-refractivity contribution < 1.29 is 8.42 Å². The Morgan fingerprint density at radius 3 is 2.57 bits per heavy atom. The number of para-hydroxylation sites is 1. The number of nitrogens with zero attached hydrogens (tertiary/aromatic N) is 1. The van der Waals surface area contributed by atoms with Crippen molar-refractivity contribution in [3.05, 3.63) is 29.3 Å². The molecule has 0 aliphatic carbocycles. The maximum atomic E-state index is 12.4. The molecule has 0 aromatic heterocycles. The van der Waals surface area contributed by atoms with Gasteiger partial charge in [0.05, 0.1) is 10.7 Å². The number of rotatable bonds is 6. The zero-order valence-corrected chi connectivity index (χ0v) is 13.8. The summed E-state index contributed by atoms with van der Waals surface area (Å²) in [6.45, 7) is 5.09. The lowest BCUT2D eigenvalue weighted by atomic mass is 9.98. The largest absolute Gasteiger partial charge is 0.317 e. The summed E-state index contributed by atoms with van der Waals surface area (Å²) in [4.78, 5) is 0. The highest BCUT2D eigenvalue weighted by molar-refractivity contribution is 7.90. The maximum Gasteiger partial charge on any atom is 0.301 e. The zero-order chi connectivity index (χ0) is 15.3. The Balaban J connectivity index is 1.94. The van der Waals surface area contributed by atoms with E-state index in [2.05, 4.69) is 17.0 Å². The van der Waals surface area contributed by atoms with Gasteiger partial charge in [-0.15, -0.1) is 0 Å². The van der Waals surface area contributed by atoms with Crippen LogP contribution < -0.4 is 10.0 Å². The van der Waals surface area contributed by atoms with Crippen LogP contribution in [0, 0.1) is 5.92 Å². The summed E-state index contributed by atoms with van der Waals surface area (Å²) in [5.74, 6) is 0.553. The molecule has 1 aliphatic heterocycles. The van der Waals surface area contributed by atoms with Gasteiger partial charge in [-0.3, -0.25) is 4.72 Å². The van der Waals surface area contributed by atoms with Crippen molar-refractivity contribution in [3.8, 4) is 0 Å². The summed E-state index contributed by atoms with van der Waals surface area (Å²) < 4.78 is 28.8. The van der Waals surface area contributed by atoms with Crippen LogP contribution in [0.25, 0.3) is 0 Å². The van der Waals surface area contributed by atoms with Crippen molar-refractivity contribution in [1.29, 1.82) is 0 Å². The molecule has 0 saturated carbocycles. The predicted molar refractivity (Wildman–Crippen MR) is 86.8 cm³/mol. The summed E-state index contributed by atoms with van der Waals surface area (Å²) >= 11 is 6.00. The highest BCUT2D eigenvalue weighted by Gasteiger charge is 2.28. The zero-order valence-electron chi connectivity index (χ0n) is 12.2. The van der Waals surface area contributed by atoms with E-state index in [1.807, 2.05) is 0 Å². The van der Waals surface area contributed by atoms with Gasteiger partial charge >= 0.3 is 10.2 Å². The van der Waals surface area contributed by atoms with E-state index < -0.39 is 10.2 Å². The SMILES string of the molecule is CCNCC1CCN(S(=O)(=O)Nc2ccccc2Cl)CC1. The fraction of sp³-hybridized carbons (Fsp3) is 0.571. The van der Waals surface area contributed by atoms with Crippen LogP contribution in [0.2, 0.25) is 5.02 Å². The first-order valence-electron chi connectivity index (χ1n) is 7.26. The number of nitrogens with one attached hydrogen (secondary N) is 2. The first-order valence-corrected chi connectivity index (χ1v) is 9.08. The van der Waals surface area contributed by atoms with Crippen LogP contribution in [0.1, 0.15) is 19.8 Å². The van der Waals surface area contributed by atoms with Crippen LogP contribution in [0.4, 0.5) is 5.69 Å². The molecule has 1 heterocycles. The first-order chi connectivity index (χ1) is 10.0. The molecule has 21 heavy (non-hydrogen) atoms. The number of anilines is 1. The Morgan fingerprint density at radius 1 is 1.29 bits per heavy atom. The number of hydrogen-bond acceptors (Lipinski definition) is 3. The Hall–Kier alpha value is -0.820.